The fourth-order valence-corrected chi connectivity index (χ4v) is 3.34. The van der Waals surface area contributed by atoms with Crippen LogP contribution >= 0.6 is 11.6 Å². The minimum absolute atomic E-state index is 0.249. The fraction of sp³-hybridized carbons (Fsp3) is 0.533. The molecule has 3 nitrogen and oxygen atoms in total. The minimum atomic E-state index is -0.249. The lowest BCUT2D eigenvalue weighted by atomic mass is 9.98. The van der Waals surface area contributed by atoms with Gasteiger partial charge in [0.2, 0.25) is 0 Å². The van der Waals surface area contributed by atoms with Crippen LogP contribution in [0.4, 0.5) is 4.39 Å². The second-order valence-electron chi connectivity index (χ2n) is 5.68. The zero-order valence-corrected chi connectivity index (χ0v) is 12.4. The molecular formula is C15H19ClFN3. The van der Waals surface area contributed by atoms with Gasteiger partial charge in [-0.15, -0.1) is 11.6 Å². The summed E-state index contributed by atoms with van der Waals surface area (Å²) >= 11 is 6.00. The van der Waals surface area contributed by atoms with Crippen LogP contribution < -0.4 is 0 Å². The Morgan fingerprint density at radius 2 is 2.30 bits per heavy atom. The van der Waals surface area contributed by atoms with Crippen LogP contribution in [0, 0.1) is 11.7 Å². The van der Waals surface area contributed by atoms with E-state index in [4.69, 9.17) is 11.6 Å². The van der Waals surface area contributed by atoms with E-state index in [1.807, 2.05) is 0 Å². The molecule has 0 aliphatic carbocycles. The molecule has 5 heteroatoms. The number of hydrogen-bond acceptors (Lipinski definition) is 2. The van der Waals surface area contributed by atoms with E-state index >= 15 is 0 Å². The number of piperidine rings is 1. The predicted molar refractivity (Wildman–Crippen MR) is 79.5 cm³/mol. The molecule has 1 unspecified atom stereocenters. The molecule has 1 atom stereocenters. The van der Waals surface area contributed by atoms with E-state index in [0.29, 0.717) is 17.3 Å². The van der Waals surface area contributed by atoms with E-state index in [1.54, 1.807) is 6.07 Å². The molecule has 1 aromatic heterocycles. The van der Waals surface area contributed by atoms with E-state index < -0.39 is 0 Å². The SMILES string of the molecule is CN1CCCC(Cn2c(CCl)nc3cc(F)ccc32)C1. The van der Waals surface area contributed by atoms with E-state index in [9.17, 15) is 4.39 Å². The zero-order valence-electron chi connectivity index (χ0n) is 11.6. The molecular weight excluding hydrogens is 277 g/mol. The van der Waals surface area contributed by atoms with Crippen molar-refractivity contribution in [2.45, 2.75) is 25.3 Å². The number of nitrogens with zero attached hydrogens (tertiary/aromatic N) is 3. The first kappa shape index (κ1) is 13.8. The molecule has 108 valence electrons. The molecule has 2 aromatic rings. The van der Waals surface area contributed by atoms with Crippen LogP contribution in [0.1, 0.15) is 18.7 Å². The third kappa shape index (κ3) is 2.67. The highest BCUT2D eigenvalue weighted by atomic mass is 35.5. The van der Waals surface area contributed by atoms with Gasteiger partial charge in [0.05, 0.1) is 16.9 Å². The van der Waals surface area contributed by atoms with Crippen molar-refractivity contribution in [2.75, 3.05) is 20.1 Å². The summed E-state index contributed by atoms with van der Waals surface area (Å²) in [4.78, 5) is 6.82. The van der Waals surface area contributed by atoms with Gasteiger partial charge in [-0.05, 0) is 44.5 Å². The largest absolute Gasteiger partial charge is 0.327 e. The molecule has 1 aliphatic heterocycles. The number of benzene rings is 1. The van der Waals surface area contributed by atoms with E-state index in [0.717, 1.165) is 24.4 Å². The van der Waals surface area contributed by atoms with Crippen LogP contribution in [0.2, 0.25) is 0 Å². The highest BCUT2D eigenvalue weighted by molar-refractivity contribution is 6.16. The second-order valence-corrected chi connectivity index (χ2v) is 5.94. The topological polar surface area (TPSA) is 21.1 Å². The van der Waals surface area contributed by atoms with Gasteiger partial charge in [0.1, 0.15) is 11.6 Å². The lowest BCUT2D eigenvalue weighted by Gasteiger charge is -2.30. The number of rotatable bonds is 3. The Morgan fingerprint density at radius 3 is 3.05 bits per heavy atom. The van der Waals surface area contributed by atoms with Crippen molar-refractivity contribution >= 4 is 22.6 Å². The summed E-state index contributed by atoms with van der Waals surface area (Å²) in [5.41, 5.74) is 1.68. The first-order chi connectivity index (χ1) is 9.67. The monoisotopic (exact) mass is 295 g/mol. The molecule has 3 rings (SSSR count). The molecule has 1 saturated heterocycles. The molecule has 20 heavy (non-hydrogen) atoms. The number of fused-ring (bicyclic) bond motifs is 1. The van der Waals surface area contributed by atoms with Crippen molar-refractivity contribution in [3.05, 3.63) is 29.8 Å². The quantitative estimate of drug-likeness (QED) is 0.811. The number of halogens is 2. The summed E-state index contributed by atoms with van der Waals surface area (Å²) < 4.78 is 15.5. The molecule has 0 radical (unpaired) electrons. The lowest BCUT2D eigenvalue weighted by Crippen LogP contribution is -2.34. The van der Waals surface area contributed by atoms with Gasteiger partial charge in [0.25, 0.3) is 0 Å². The number of imidazole rings is 1. The van der Waals surface area contributed by atoms with Crippen LogP contribution in [0.25, 0.3) is 11.0 Å². The van der Waals surface area contributed by atoms with Crippen LogP contribution in [0.5, 0.6) is 0 Å². The van der Waals surface area contributed by atoms with Crippen LogP contribution in [0.15, 0.2) is 18.2 Å². The molecule has 1 fully saturated rings. The van der Waals surface area contributed by atoms with Crippen LogP contribution in [-0.2, 0) is 12.4 Å². The van der Waals surface area contributed by atoms with Gasteiger partial charge in [-0.2, -0.15) is 0 Å². The van der Waals surface area contributed by atoms with E-state index in [-0.39, 0.29) is 5.82 Å². The number of hydrogen-bond donors (Lipinski definition) is 0. The van der Waals surface area contributed by atoms with Gasteiger partial charge in [-0.1, -0.05) is 0 Å². The van der Waals surface area contributed by atoms with Gasteiger partial charge < -0.3 is 9.47 Å². The molecule has 0 saturated carbocycles. The Hall–Kier alpha value is -1.13. The Morgan fingerprint density at radius 1 is 1.45 bits per heavy atom. The Bertz CT molecular complexity index is 610. The third-order valence-electron chi connectivity index (χ3n) is 4.07. The number of alkyl halides is 1. The van der Waals surface area contributed by atoms with Crippen molar-refractivity contribution in [2.24, 2.45) is 5.92 Å². The Balaban J connectivity index is 1.93. The first-order valence-electron chi connectivity index (χ1n) is 7.06. The predicted octanol–water partition coefficient (Wildman–Crippen LogP) is 3.26. The molecule has 0 spiro atoms. The van der Waals surface area contributed by atoms with Crippen molar-refractivity contribution in [1.82, 2.24) is 14.5 Å². The van der Waals surface area contributed by atoms with Crippen LogP contribution in [0.3, 0.4) is 0 Å². The van der Waals surface area contributed by atoms with Crippen molar-refractivity contribution in [3.8, 4) is 0 Å². The third-order valence-corrected chi connectivity index (χ3v) is 4.31. The average Bonchev–Trinajstić information content (AvgIpc) is 2.76. The van der Waals surface area contributed by atoms with Gasteiger partial charge in [-0.3, -0.25) is 0 Å². The maximum absolute atomic E-state index is 13.3. The molecule has 0 bridgehead atoms. The van der Waals surface area contributed by atoms with Gasteiger partial charge in [-0.25, -0.2) is 9.37 Å². The molecule has 0 amide bonds. The van der Waals surface area contributed by atoms with Crippen molar-refractivity contribution < 1.29 is 4.39 Å². The summed E-state index contributed by atoms with van der Waals surface area (Å²) in [5, 5.41) is 0. The highest BCUT2D eigenvalue weighted by Gasteiger charge is 2.20. The Labute approximate surface area is 123 Å². The maximum Gasteiger partial charge on any atom is 0.125 e. The minimum Gasteiger partial charge on any atom is -0.327 e. The Kier molecular flexibility index (Phi) is 3.94. The highest BCUT2D eigenvalue weighted by Crippen LogP contribution is 2.23. The van der Waals surface area contributed by atoms with Gasteiger partial charge in [0.15, 0.2) is 0 Å². The molecule has 1 aromatic carbocycles. The summed E-state index contributed by atoms with van der Waals surface area (Å²) in [7, 11) is 2.16. The number of aromatic nitrogens is 2. The normalized spacial score (nSPS) is 20.6. The zero-order chi connectivity index (χ0) is 14.1. The maximum atomic E-state index is 13.3. The lowest BCUT2D eigenvalue weighted by molar-refractivity contribution is 0.195. The summed E-state index contributed by atoms with van der Waals surface area (Å²) in [6, 6.07) is 4.78. The standard InChI is InChI=1S/C15H19ClFN3/c1-19-6-2-3-11(9-19)10-20-14-5-4-12(17)7-13(14)18-15(20)8-16/h4-5,7,11H,2-3,6,8-10H2,1H3. The fourth-order valence-electron chi connectivity index (χ4n) is 3.14. The molecule has 1 aliphatic rings. The summed E-state index contributed by atoms with van der Waals surface area (Å²) in [6.07, 6.45) is 2.46. The van der Waals surface area contributed by atoms with Gasteiger partial charge >= 0.3 is 0 Å². The van der Waals surface area contributed by atoms with E-state index in [1.165, 1.54) is 31.5 Å². The summed E-state index contributed by atoms with van der Waals surface area (Å²) in [6.45, 7) is 3.19. The number of likely N-dealkylation sites (tertiary alicyclic amines) is 1. The first-order valence-corrected chi connectivity index (χ1v) is 7.60. The second kappa shape index (κ2) is 5.70. The van der Waals surface area contributed by atoms with E-state index in [2.05, 4.69) is 21.5 Å². The smallest absolute Gasteiger partial charge is 0.125 e. The van der Waals surface area contributed by atoms with Crippen molar-refractivity contribution in [1.29, 1.82) is 0 Å². The van der Waals surface area contributed by atoms with Gasteiger partial charge in [0, 0.05) is 19.2 Å². The van der Waals surface area contributed by atoms with Crippen LogP contribution in [-0.4, -0.2) is 34.6 Å². The molecule has 0 N–H and O–H groups in total. The summed E-state index contributed by atoms with van der Waals surface area (Å²) in [5.74, 6) is 1.55. The van der Waals surface area contributed by atoms with Crippen molar-refractivity contribution in [3.63, 3.8) is 0 Å². The molecule has 2 heterocycles. The average molecular weight is 296 g/mol.